The van der Waals surface area contributed by atoms with Crippen molar-refractivity contribution in [2.75, 3.05) is 19.7 Å². The van der Waals surface area contributed by atoms with Crippen LogP contribution in [0.25, 0.3) is 22.1 Å². The van der Waals surface area contributed by atoms with Gasteiger partial charge in [-0.25, -0.2) is 0 Å². The summed E-state index contributed by atoms with van der Waals surface area (Å²) in [5, 5.41) is 0.491. The fourth-order valence-electron chi connectivity index (χ4n) is 3.67. The zero-order valence-electron chi connectivity index (χ0n) is 15.9. The van der Waals surface area contributed by atoms with Crippen LogP contribution >= 0.6 is 0 Å². The Morgan fingerprint density at radius 2 is 2.04 bits per heavy atom. The van der Waals surface area contributed by atoms with Crippen molar-refractivity contribution in [3.05, 3.63) is 65.0 Å². The highest BCUT2D eigenvalue weighted by Crippen LogP contribution is 2.23. The molecular formula is C23H23NO4. The van der Waals surface area contributed by atoms with Gasteiger partial charge in [0.15, 0.2) is 12.0 Å². The first-order chi connectivity index (χ1) is 13.6. The van der Waals surface area contributed by atoms with Crippen LogP contribution in [0.5, 0.6) is 5.75 Å². The largest absolute Gasteiger partial charge is 0.484 e. The molecule has 1 saturated heterocycles. The SMILES string of the molecule is C[C@H]1CCCN(C(=O)COc2ccc3c(=O)c(-c4ccccc4)coc3c2)C1. The molecule has 4 rings (SSSR count). The number of nitrogens with zero attached hydrogens (tertiary/aromatic N) is 1. The first kappa shape index (κ1) is 18.3. The molecule has 0 radical (unpaired) electrons. The Hall–Kier alpha value is -3.08. The van der Waals surface area contributed by atoms with Crippen LogP contribution in [-0.4, -0.2) is 30.5 Å². The summed E-state index contributed by atoms with van der Waals surface area (Å²) in [7, 11) is 0. The highest BCUT2D eigenvalue weighted by molar-refractivity contribution is 5.83. The first-order valence-electron chi connectivity index (χ1n) is 9.63. The Morgan fingerprint density at radius 3 is 2.82 bits per heavy atom. The molecule has 1 aliphatic rings. The minimum atomic E-state index is -0.0858. The number of fused-ring (bicyclic) bond motifs is 1. The molecular weight excluding hydrogens is 354 g/mol. The Kier molecular flexibility index (Phi) is 5.15. The van der Waals surface area contributed by atoms with Gasteiger partial charge in [0.25, 0.3) is 5.91 Å². The molecule has 1 aliphatic heterocycles. The van der Waals surface area contributed by atoms with E-state index in [1.165, 1.54) is 12.7 Å². The maximum absolute atomic E-state index is 12.8. The summed E-state index contributed by atoms with van der Waals surface area (Å²) in [6.07, 6.45) is 3.68. The van der Waals surface area contributed by atoms with E-state index in [2.05, 4.69) is 6.92 Å². The van der Waals surface area contributed by atoms with Gasteiger partial charge in [-0.2, -0.15) is 0 Å². The Bertz CT molecular complexity index is 1040. The number of piperidine rings is 1. The molecule has 5 heteroatoms. The number of carbonyl (C=O) groups excluding carboxylic acids is 1. The second-order valence-corrected chi connectivity index (χ2v) is 7.38. The number of rotatable bonds is 4. The third kappa shape index (κ3) is 3.79. The van der Waals surface area contributed by atoms with E-state index in [9.17, 15) is 9.59 Å². The highest BCUT2D eigenvalue weighted by Gasteiger charge is 2.21. The van der Waals surface area contributed by atoms with Crippen LogP contribution in [0.3, 0.4) is 0 Å². The molecule has 28 heavy (non-hydrogen) atoms. The summed E-state index contributed by atoms with van der Waals surface area (Å²) in [5.74, 6) is 1.04. The standard InChI is InChI=1S/C23H23NO4/c1-16-6-5-11-24(13-16)22(25)15-27-18-9-10-19-21(12-18)28-14-20(23(19)26)17-7-3-2-4-8-17/h2-4,7-10,12,14,16H,5-6,11,13,15H2,1H3/t16-/m0/s1. The number of amides is 1. The van der Waals surface area contributed by atoms with Crippen molar-refractivity contribution < 1.29 is 13.9 Å². The van der Waals surface area contributed by atoms with Crippen LogP contribution < -0.4 is 10.2 Å². The second kappa shape index (κ2) is 7.89. The van der Waals surface area contributed by atoms with Crippen LogP contribution in [0.4, 0.5) is 0 Å². The lowest BCUT2D eigenvalue weighted by atomic mass is 10.0. The highest BCUT2D eigenvalue weighted by atomic mass is 16.5. The van der Waals surface area contributed by atoms with Gasteiger partial charge in [-0.05, 0) is 36.5 Å². The van der Waals surface area contributed by atoms with Crippen molar-refractivity contribution in [1.29, 1.82) is 0 Å². The molecule has 2 heterocycles. The van der Waals surface area contributed by atoms with Gasteiger partial charge >= 0.3 is 0 Å². The quantitative estimate of drug-likeness (QED) is 0.687. The number of hydrogen-bond acceptors (Lipinski definition) is 4. The lowest BCUT2D eigenvalue weighted by Crippen LogP contribution is -2.41. The third-order valence-electron chi connectivity index (χ3n) is 5.20. The van der Waals surface area contributed by atoms with Crippen LogP contribution in [-0.2, 0) is 4.79 Å². The average molecular weight is 377 g/mol. The molecule has 0 unspecified atom stereocenters. The fourth-order valence-corrected chi connectivity index (χ4v) is 3.67. The molecule has 0 bridgehead atoms. The van der Waals surface area contributed by atoms with Crippen LogP contribution in [0.1, 0.15) is 19.8 Å². The summed E-state index contributed by atoms with van der Waals surface area (Å²) >= 11 is 0. The number of hydrogen-bond donors (Lipinski definition) is 0. The van der Waals surface area contributed by atoms with Gasteiger partial charge in [-0.1, -0.05) is 37.3 Å². The van der Waals surface area contributed by atoms with Crippen LogP contribution in [0, 0.1) is 5.92 Å². The normalized spacial score (nSPS) is 16.9. The molecule has 5 nitrogen and oxygen atoms in total. The molecule has 3 aromatic rings. The van der Waals surface area contributed by atoms with Gasteiger partial charge in [0.1, 0.15) is 17.6 Å². The second-order valence-electron chi connectivity index (χ2n) is 7.38. The zero-order valence-corrected chi connectivity index (χ0v) is 15.9. The fraction of sp³-hybridized carbons (Fsp3) is 0.304. The van der Waals surface area contributed by atoms with E-state index in [1.54, 1.807) is 18.2 Å². The Balaban J connectivity index is 1.51. The molecule has 2 aromatic carbocycles. The smallest absolute Gasteiger partial charge is 0.260 e. The van der Waals surface area contributed by atoms with Crippen molar-refractivity contribution in [3.63, 3.8) is 0 Å². The lowest BCUT2D eigenvalue weighted by molar-refractivity contribution is -0.135. The van der Waals surface area contributed by atoms with Gasteiger partial charge in [0.2, 0.25) is 0 Å². The molecule has 1 amide bonds. The molecule has 1 aromatic heterocycles. The summed E-state index contributed by atoms with van der Waals surface area (Å²) in [5.41, 5.74) is 1.70. The Morgan fingerprint density at radius 1 is 1.21 bits per heavy atom. The van der Waals surface area contributed by atoms with E-state index < -0.39 is 0 Å². The maximum atomic E-state index is 12.8. The Labute approximate surface area is 163 Å². The van der Waals surface area contributed by atoms with Crippen molar-refractivity contribution in [2.45, 2.75) is 19.8 Å². The number of carbonyl (C=O) groups is 1. The molecule has 144 valence electrons. The molecule has 0 aliphatic carbocycles. The summed E-state index contributed by atoms with van der Waals surface area (Å²) in [6.45, 7) is 3.73. The van der Waals surface area contributed by atoms with E-state index >= 15 is 0 Å². The van der Waals surface area contributed by atoms with Crippen molar-refractivity contribution in [3.8, 4) is 16.9 Å². The van der Waals surface area contributed by atoms with Crippen molar-refractivity contribution in [1.82, 2.24) is 4.90 Å². The number of ether oxygens (including phenoxy) is 1. The molecule has 0 N–H and O–H groups in total. The van der Waals surface area contributed by atoms with Crippen molar-refractivity contribution in [2.24, 2.45) is 5.92 Å². The predicted molar refractivity (Wildman–Crippen MR) is 108 cm³/mol. The van der Waals surface area contributed by atoms with Gasteiger partial charge in [-0.15, -0.1) is 0 Å². The summed E-state index contributed by atoms with van der Waals surface area (Å²) in [6, 6.07) is 14.5. The van der Waals surface area contributed by atoms with Crippen molar-refractivity contribution >= 4 is 16.9 Å². The van der Waals surface area contributed by atoms with Crippen LogP contribution in [0.2, 0.25) is 0 Å². The molecule has 1 atom stereocenters. The van der Waals surface area contributed by atoms with Gasteiger partial charge < -0.3 is 14.1 Å². The molecule has 1 fully saturated rings. The maximum Gasteiger partial charge on any atom is 0.260 e. The number of benzene rings is 2. The van der Waals surface area contributed by atoms with Gasteiger partial charge in [0.05, 0.1) is 10.9 Å². The topological polar surface area (TPSA) is 59.8 Å². The van der Waals surface area contributed by atoms with E-state index in [4.69, 9.17) is 9.15 Å². The minimum absolute atomic E-state index is 0.00692. The average Bonchev–Trinajstić information content (AvgIpc) is 2.73. The van der Waals surface area contributed by atoms with E-state index in [1.807, 2.05) is 35.2 Å². The van der Waals surface area contributed by atoms with E-state index in [-0.39, 0.29) is 17.9 Å². The van der Waals surface area contributed by atoms with E-state index in [0.29, 0.717) is 28.2 Å². The predicted octanol–water partition coefficient (Wildman–Crippen LogP) is 4.10. The van der Waals surface area contributed by atoms with Gasteiger partial charge in [-0.3, -0.25) is 9.59 Å². The van der Waals surface area contributed by atoms with E-state index in [0.717, 1.165) is 25.1 Å². The first-order valence-corrected chi connectivity index (χ1v) is 9.63. The monoisotopic (exact) mass is 377 g/mol. The van der Waals surface area contributed by atoms with Gasteiger partial charge in [0, 0.05) is 19.2 Å². The number of likely N-dealkylation sites (tertiary alicyclic amines) is 1. The molecule has 0 spiro atoms. The third-order valence-corrected chi connectivity index (χ3v) is 5.20. The summed E-state index contributed by atoms with van der Waals surface area (Å²) in [4.78, 5) is 27.0. The zero-order chi connectivity index (χ0) is 19.5. The minimum Gasteiger partial charge on any atom is -0.484 e. The summed E-state index contributed by atoms with van der Waals surface area (Å²) < 4.78 is 11.3. The lowest BCUT2D eigenvalue weighted by Gasteiger charge is -2.30. The molecule has 0 saturated carbocycles. The van der Waals surface area contributed by atoms with Crippen LogP contribution in [0.15, 0.2) is 64.0 Å².